The van der Waals surface area contributed by atoms with Crippen molar-refractivity contribution < 1.29 is 9.59 Å². The van der Waals surface area contributed by atoms with Crippen LogP contribution in [0.3, 0.4) is 0 Å². The second-order valence-corrected chi connectivity index (χ2v) is 12.7. The van der Waals surface area contributed by atoms with Crippen LogP contribution in [0.2, 0.25) is 0 Å². The molecule has 4 aliphatic carbocycles. The van der Waals surface area contributed by atoms with E-state index in [1.54, 1.807) is 0 Å². The fourth-order valence-corrected chi connectivity index (χ4v) is 9.23. The molecule has 1 aromatic rings. The number of hydrogen-bond acceptors (Lipinski definition) is 4. The van der Waals surface area contributed by atoms with Gasteiger partial charge >= 0.3 is 0 Å². The predicted molar refractivity (Wildman–Crippen MR) is 128 cm³/mol. The maximum atomic E-state index is 12.5. The minimum absolute atomic E-state index is 0.179. The van der Waals surface area contributed by atoms with Gasteiger partial charge in [-0.2, -0.15) is 0 Å². The number of hydrogen-bond donors (Lipinski definition) is 0. The largest absolute Gasteiger partial charge is 0.299 e. The van der Waals surface area contributed by atoms with E-state index in [1.165, 1.54) is 25.7 Å². The summed E-state index contributed by atoms with van der Waals surface area (Å²) < 4.78 is 2.05. The monoisotopic (exact) mass is 453 g/mol. The molecule has 33 heavy (non-hydrogen) atoms. The average molecular weight is 454 g/mol. The highest BCUT2D eigenvalue weighted by Gasteiger charge is 2.53. The molecule has 1 aromatic heterocycles. The van der Waals surface area contributed by atoms with Gasteiger partial charge < -0.3 is 0 Å². The highest BCUT2D eigenvalue weighted by atomic mass is 16.1. The third-order valence-corrected chi connectivity index (χ3v) is 10.8. The SMILES string of the molecule is C[C@H](Cn1cc(C[C@H](C)[C@H]2CC[C@H]3C(=O)CCC[C@]23C)nn1)[C@H]1CC[C@H]2C(=O)CCC[C@]12C. The molecule has 182 valence electrons. The number of carbonyl (C=O) groups is 2. The lowest BCUT2D eigenvalue weighted by Crippen LogP contribution is -2.40. The predicted octanol–water partition coefficient (Wildman–Crippen LogP) is 5.66. The van der Waals surface area contributed by atoms with E-state index in [0.717, 1.165) is 57.2 Å². The Labute approximate surface area is 199 Å². The molecule has 0 unspecified atom stereocenters. The molecule has 4 aliphatic rings. The van der Waals surface area contributed by atoms with Crippen molar-refractivity contribution in [2.45, 2.75) is 105 Å². The van der Waals surface area contributed by atoms with E-state index < -0.39 is 0 Å². The van der Waals surface area contributed by atoms with Crippen LogP contribution < -0.4 is 0 Å². The summed E-state index contributed by atoms with van der Waals surface area (Å²) in [5.74, 6) is 3.83. The van der Waals surface area contributed by atoms with Crippen molar-refractivity contribution in [2.75, 3.05) is 0 Å². The zero-order chi connectivity index (χ0) is 23.4. The Morgan fingerprint density at radius 2 is 1.45 bits per heavy atom. The standard InChI is InChI=1S/C28H43N3O2/c1-18(21-9-11-23-25(32)7-5-13-27(21,23)3)15-20-17-31(30-29-20)16-19(2)22-10-12-24-26(33)8-6-14-28(22,24)4/h17-19,21-24H,5-16H2,1-4H3/t18-,19+,21+,22+,23-,24-,27+,28+/m0/s1. The third-order valence-electron chi connectivity index (χ3n) is 10.8. The molecule has 0 saturated heterocycles. The summed E-state index contributed by atoms with van der Waals surface area (Å²) in [7, 11) is 0. The van der Waals surface area contributed by atoms with Crippen molar-refractivity contribution in [3.8, 4) is 0 Å². The Morgan fingerprint density at radius 3 is 2.03 bits per heavy atom. The average Bonchev–Trinajstić information content (AvgIpc) is 3.43. The minimum atomic E-state index is 0.179. The quantitative estimate of drug-likeness (QED) is 0.557. The van der Waals surface area contributed by atoms with E-state index in [0.29, 0.717) is 41.2 Å². The van der Waals surface area contributed by atoms with Crippen molar-refractivity contribution in [2.24, 2.45) is 46.3 Å². The van der Waals surface area contributed by atoms with Crippen LogP contribution in [0.15, 0.2) is 6.20 Å². The Bertz CT molecular complexity index is 838. The van der Waals surface area contributed by atoms with E-state index in [1.807, 2.05) is 0 Å². The molecule has 8 atom stereocenters. The molecular weight excluding hydrogens is 410 g/mol. The van der Waals surface area contributed by atoms with Gasteiger partial charge in [0, 0.05) is 37.4 Å². The van der Waals surface area contributed by atoms with Gasteiger partial charge in [0.05, 0.1) is 5.69 Å². The van der Waals surface area contributed by atoms with Crippen molar-refractivity contribution in [3.05, 3.63) is 11.9 Å². The number of Topliss-reactive ketones (excluding diaryl/α,β-unsaturated/α-hetero) is 2. The van der Waals surface area contributed by atoms with E-state index in [2.05, 4.69) is 48.9 Å². The first kappa shape index (κ1) is 23.2. The van der Waals surface area contributed by atoms with Gasteiger partial charge in [0.2, 0.25) is 0 Å². The number of ketones is 2. The zero-order valence-electron chi connectivity index (χ0n) is 21.2. The molecule has 0 amide bonds. The number of aromatic nitrogens is 3. The number of rotatable bonds is 6. The van der Waals surface area contributed by atoms with E-state index in [9.17, 15) is 9.59 Å². The Kier molecular flexibility index (Phi) is 6.06. The van der Waals surface area contributed by atoms with Crippen LogP contribution in [-0.2, 0) is 22.6 Å². The van der Waals surface area contributed by atoms with Crippen LogP contribution >= 0.6 is 0 Å². The molecule has 0 spiro atoms. The second-order valence-electron chi connectivity index (χ2n) is 12.7. The number of carbonyl (C=O) groups excluding carboxylic acids is 2. The second kappa shape index (κ2) is 8.61. The summed E-state index contributed by atoms with van der Waals surface area (Å²) in [4.78, 5) is 25.0. The van der Waals surface area contributed by atoms with Gasteiger partial charge in [0.15, 0.2) is 0 Å². The molecule has 0 radical (unpaired) electrons. The Morgan fingerprint density at radius 1 is 0.909 bits per heavy atom. The summed E-state index contributed by atoms with van der Waals surface area (Å²) in [6, 6.07) is 0. The van der Waals surface area contributed by atoms with E-state index in [4.69, 9.17) is 0 Å². The summed E-state index contributed by atoms with van der Waals surface area (Å²) in [6.45, 7) is 10.4. The topological polar surface area (TPSA) is 64.8 Å². The van der Waals surface area contributed by atoms with Crippen molar-refractivity contribution in [3.63, 3.8) is 0 Å². The minimum Gasteiger partial charge on any atom is -0.299 e. The van der Waals surface area contributed by atoms with Crippen molar-refractivity contribution in [1.29, 1.82) is 0 Å². The van der Waals surface area contributed by atoms with Crippen LogP contribution in [-0.4, -0.2) is 26.6 Å². The molecule has 1 heterocycles. The lowest BCUT2D eigenvalue weighted by Gasteiger charge is -2.42. The molecule has 0 aliphatic heterocycles. The lowest BCUT2D eigenvalue weighted by atomic mass is 9.62. The molecule has 5 rings (SSSR count). The van der Waals surface area contributed by atoms with Crippen LogP contribution in [0, 0.1) is 46.3 Å². The summed E-state index contributed by atoms with van der Waals surface area (Å²) >= 11 is 0. The van der Waals surface area contributed by atoms with E-state index in [-0.39, 0.29) is 16.7 Å². The van der Waals surface area contributed by atoms with Gasteiger partial charge in [0.1, 0.15) is 11.6 Å². The Hall–Kier alpha value is -1.52. The fourth-order valence-electron chi connectivity index (χ4n) is 9.23. The molecular formula is C28H43N3O2. The van der Waals surface area contributed by atoms with Crippen LogP contribution in [0.25, 0.3) is 0 Å². The Balaban J connectivity index is 1.21. The third kappa shape index (κ3) is 3.91. The summed E-state index contributed by atoms with van der Waals surface area (Å²) in [5.41, 5.74) is 1.45. The summed E-state index contributed by atoms with van der Waals surface area (Å²) in [6.07, 6.45) is 13.7. The summed E-state index contributed by atoms with van der Waals surface area (Å²) in [5, 5.41) is 9.06. The lowest BCUT2D eigenvalue weighted by molar-refractivity contribution is -0.130. The number of nitrogens with zero attached hydrogens (tertiary/aromatic N) is 3. The molecule has 4 fully saturated rings. The maximum absolute atomic E-state index is 12.5. The van der Waals surface area contributed by atoms with Gasteiger partial charge in [-0.05, 0) is 92.3 Å². The van der Waals surface area contributed by atoms with Gasteiger partial charge in [0.25, 0.3) is 0 Å². The van der Waals surface area contributed by atoms with Gasteiger partial charge in [-0.3, -0.25) is 14.3 Å². The van der Waals surface area contributed by atoms with Gasteiger partial charge in [-0.15, -0.1) is 5.10 Å². The molecule has 0 bridgehead atoms. The first-order valence-electron chi connectivity index (χ1n) is 13.7. The molecule has 0 aromatic carbocycles. The molecule has 4 saturated carbocycles. The smallest absolute Gasteiger partial charge is 0.136 e. The van der Waals surface area contributed by atoms with Crippen molar-refractivity contribution >= 4 is 11.6 Å². The van der Waals surface area contributed by atoms with Crippen molar-refractivity contribution in [1.82, 2.24) is 15.0 Å². The van der Waals surface area contributed by atoms with Gasteiger partial charge in [-0.25, -0.2) is 0 Å². The fraction of sp³-hybridized carbons (Fsp3) is 0.857. The first-order valence-corrected chi connectivity index (χ1v) is 13.7. The first-order chi connectivity index (χ1) is 15.7. The van der Waals surface area contributed by atoms with E-state index >= 15 is 0 Å². The molecule has 5 heteroatoms. The molecule has 0 N–H and O–H groups in total. The van der Waals surface area contributed by atoms with Crippen LogP contribution in [0.4, 0.5) is 0 Å². The maximum Gasteiger partial charge on any atom is 0.136 e. The highest BCUT2D eigenvalue weighted by Crippen LogP contribution is 2.58. The molecule has 5 nitrogen and oxygen atoms in total. The van der Waals surface area contributed by atoms with Crippen LogP contribution in [0.5, 0.6) is 0 Å². The highest BCUT2D eigenvalue weighted by molar-refractivity contribution is 5.83. The van der Waals surface area contributed by atoms with Gasteiger partial charge in [-0.1, -0.05) is 32.9 Å². The van der Waals surface area contributed by atoms with Crippen LogP contribution in [0.1, 0.15) is 97.6 Å². The normalized spacial score (nSPS) is 40.5. The zero-order valence-corrected chi connectivity index (χ0v) is 21.2. The number of fused-ring (bicyclic) bond motifs is 2.